The van der Waals surface area contributed by atoms with Gasteiger partial charge in [-0.05, 0) is 50.9 Å². The second-order valence-corrected chi connectivity index (χ2v) is 7.84. The second kappa shape index (κ2) is 11.6. The van der Waals surface area contributed by atoms with E-state index in [1.165, 1.54) is 19.3 Å². The van der Waals surface area contributed by atoms with E-state index in [4.69, 9.17) is 4.74 Å². The molecule has 0 aromatic carbocycles. The molecule has 4 nitrogen and oxygen atoms in total. The van der Waals surface area contributed by atoms with Crippen molar-refractivity contribution in [1.82, 2.24) is 0 Å². The third-order valence-electron chi connectivity index (χ3n) is 5.51. The van der Waals surface area contributed by atoms with Gasteiger partial charge in [0.2, 0.25) is 0 Å². The first-order valence-electron chi connectivity index (χ1n) is 10.5. The summed E-state index contributed by atoms with van der Waals surface area (Å²) in [6.07, 6.45) is 17.2. The number of aliphatic hydroxyl groups is 2. The zero-order chi connectivity index (χ0) is 18.8. The minimum atomic E-state index is -0.563. The maximum absolute atomic E-state index is 11.7. The fourth-order valence-electron chi connectivity index (χ4n) is 3.76. The van der Waals surface area contributed by atoms with Crippen LogP contribution in [0, 0.1) is 11.8 Å². The molecule has 26 heavy (non-hydrogen) atoms. The largest absolute Gasteiger partial charge is 0.462 e. The molecule has 2 aliphatic rings. The first-order chi connectivity index (χ1) is 12.6. The van der Waals surface area contributed by atoms with Gasteiger partial charge in [-0.3, -0.25) is 4.79 Å². The van der Waals surface area contributed by atoms with Crippen LogP contribution in [0.3, 0.4) is 0 Å². The predicted octanol–water partition coefficient (Wildman–Crippen LogP) is 4.30. The zero-order valence-electron chi connectivity index (χ0n) is 16.2. The Morgan fingerprint density at radius 2 is 2.00 bits per heavy atom. The minimum absolute atomic E-state index is 0.0353. The maximum Gasteiger partial charge on any atom is 0.306 e. The minimum Gasteiger partial charge on any atom is -0.462 e. The van der Waals surface area contributed by atoms with E-state index in [2.05, 4.69) is 13.0 Å². The number of hydrogen-bond acceptors (Lipinski definition) is 4. The molecule has 1 saturated heterocycles. The lowest BCUT2D eigenvalue weighted by atomic mass is 10.0. The van der Waals surface area contributed by atoms with Crippen molar-refractivity contribution >= 4 is 5.97 Å². The van der Waals surface area contributed by atoms with Crippen LogP contribution in [0.15, 0.2) is 24.3 Å². The predicted molar refractivity (Wildman–Crippen MR) is 104 cm³/mol. The second-order valence-electron chi connectivity index (χ2n) is 7.84. The zero-order valence-corrected chi connectivity index (χ0v) is 16.2. The Morgan fingerprint density at radius 1 is 1.15 bits per heavy atom. The molecule has 2 unspecified atom stereocenters. The van der Waals surface area contributed by atoms with E-state index < -0.39 is 12.2 Å². The van der Waals surface area contributed by atoms with E-state index >= 15 is 0 Å². The Bertz CT molecular complexity index is 471. The SMILES string of the molecule is CCCCC/C=C\CC(O)/C=C/[C@@H](O)[C@@H]1CC1[C@H]1CCCCCC(=O)O1. The first-order valence-corrected chi connectivity index (χ1v) is 10.5. The number of allylic oxidation sites excluding steroid dienone is 1. The molecule has 1 aliphatic carbocycles. The van der Waals surface area contributed by atoms with Crippen LogP contribution in [0.2, 0.25) is 0 Å². The summed E-state index contributed by atoms with van der Waals surface area (Å²) >= 11 is 0. The Morgan fingerprint density at radius 3 is 2.81 bits per heavy atom. The molecule has 2 fully saturated rings. The molecule has 1 aliphatic heterocycles. The summed E-state index contributed by atoms with van der Waals surface area (Å²) in [5.41, 5.74) is 0. The van der Waals surface area contributed by atoms with Crippen LogP contribution in [-0.2, 0) is 9.53 Å². The molecular formula is C22H36O4. The van der Waals surface area contributed by atoms with Crippen molar-refractivity contribution in [1.29, 1.82) is 0 Å². The number of aliphatic hydroxyl groups excluding tert-OH is 2. The number of esters is 1. The van der Waals surface area contributed by atoms with E-state index in [0.29, 0.717) is 12.8 Å². The molecule has 0 radical (unpaired) electrons. The van der Waals surface area contributed by atoms with E-state index in [-0.39, 0.29) is 23.9 Å². The smallest absolute Gasteiger partial charge is 0.306 e. The van der Waals surface area contributed by atoms with Gasteiger partial charge in [0, 0.05) is 12.3 Å². The van der Waals surface area contributed by atoms with Crippen LogP contribution in [-0.4, -0.2) is 34.5 Å². The van der Waals surface area contributed by atoms with Gasteiger partial charge < -0.3 is 14.9 Å². The fourth-order valence-corrected chi connectivity index (χ4v) is 3.76. The van der Waals surface area contributed by atoms with Gasteiger partial charge in [0.1, 0.15) is 6.10 Å². The number of ether oxygens (including phenoxy) is 1. The highest BCUT2D eigenvalue weighted by Crippen LogP contribution is 2.47. The number of carbonyl (C=O) groups is 1. The number of rotatable bonds is 10. The van der Waals surface area contributed by atoms with Gasteiger partial charge in [0.25, 0.3) is 0 Å². The number of carbonyl (C=O) groups excluding carboxylic acids is 1. The number of cyclic esters (lactones) is 1. The molecule has 0 aromatic heterocycles. The summed E-state index contributed by atoms with van der Waals surface area (Å²) in [4.78, 5) is 11.7. The average molecular weight is 365 g/mol. The molecule has 4 heteroatoms. The van der Waals surface area contributed by atoms with Crippen molar-refractivity contribution in [3.05, 3.63) is 24.3 Å². The van der Waals surface area contributed by atoms with Crippen LogP contribution < -0.4 is 0 Å². The molecule has 1 saturated carbocycles. The van der Waals surface area contributed by atoms with Crippen molar-refractivity contribution < 1.29 is 19.7 Å². The van der Waals surface area contributed by atoms with Crippen molar-refractivity contribution in [3.63, 3.8) is 0 Å². The van der Waals surface area contributed by atoms with E-state index in [1.807, 2.05) is 6.08 Å². The number of hydrogen-bond donors (Lipinski definition) is 2. The molecule has 0 amide bonds. The third kappa shape index (κ3) is 7.63. The van der Waals surface area contributed by atoms with Crippen LogP contribution in [0.1, 0.15) is 77.6 Å². The topological polar surface area (TPSA) is 66.8 Å². The summed E-state index contributed by atoms with van der Waals surface area (Å²) in [7, 11) is 0. The highest BCUT2D eigenvalue weighted by Gasteiger charge is 2.47. The van der Waals surface area contributed by atoms with Gasteiger partial charge in [-0.1, -0.05) is 50.5 Å². The quantitative estimate of drug-likeness (QED) is 0.344. The Labute approximate surface area is 158 Å². The lowest BCUT2D eigenvalue weighted by molar-refractivity contribution is -0.152. The average Bonchev–Trinajstić information content (AvgIpc) is 3.39. The van der Waals surface area contributed by atoms with E-state index in [9.17, 15) is 15.0 Å². The summed E-state index contributed by atoms with van der Waals surface area (Å²) in [5, 5.41) is 20.3. The van der Waals surface area contributed by atoms with Gasteiger partial charge in [0.15, 0.2) is 0 Å². The van der Waals surface area contributed by atoms with Gasteiger partial charge in [0.05, 0.1) is 12.2 Å². The number of unbranched alkanes of at least 4 members (excludes halogenated alkanes) is 3. The molecule has 0 bridgehead atoms. The lowest BCUT2D eigenvalue weighted by Crippen LogP contribution is -2.24. The molecule has 0 spiro atoms. The lowest BCUT2D eigenvalue weighted by Gasteiger charge is -2.21. The standard InChI is InChI=1S/C22H36O4/c1-2-3-4-5-6-8-11-17(23)14-15-20(24)18-16-19(18)21-12-9-7-10-13-22(25)26-21/h6,8,14-15,17-21,23-24H,2-5,7,9-13,16H2,1H3/b8-6-,15-14+/t17?,18-,19?,20-,21-/m1/s1. The fraction of sp³-hybridized carbons (Fsp3) is 0.773. The van der Waals surface area contributed by atoms with Gasteiger partial charge in [-0.25, -0.2) is 0 Å². The Kier molecular flexibility index (Phi) is 9.41. The van der Waals surface area contributed by atoms with Crippen LogP contribution in [0.4, 0.5) is 0 Å². The van der Waals surface area contributed by atoms with E-state index in [0.717, 1.165) is 38.5 Å². The summed E-state index contributed by atoms with van der Waals surface area (Å²) in [6, 6.07) is 0. The molecule has 5 atom stereocenters. The van der Waals surface area contributed by atoms with Crippen molar-refractivity contribution in [3.8, 4) is 0 Å². The molecule has 2 N–H and O–H groups in total. The van der Waals surface area contributed by atoms with Crippen molar-refractivity contribution in [2.75, 3.05) is 0 Å². The molecule has 148 valence electrons. The van der Waals surface area contributed by atoms with Crippen LogP contribution in [0.25, 0.3) is 0 Å². The maximum atomic E-state index is 11.7. The molecular weight excluding hydrogens is 328 g/mol. The first kappa shape index (κ1) is 21.2. The molecule has 2 rings (SSSR count). The normalized spacial score (nSPS) is 29.3. The highest BCUT2D eigenvalue weighted by molar-refractivity contribution is 5.69. The Balaban J connectivity index is 1.68. The van der Waals surface area contributed by atoms with Crippen molar-refractivity contribution in [2.24, 2.45) is 11.8 Å². The summed E-state index contributed by atoms with van der Waals surface area (Å²) < 4.78 is 5.58. The van der Waals surface area contributed by atoms with Gasteiger partial charge in [-0.15, -0.1) is 0 Å². The van der Waals surface area contributed by atoms with Crippen molar-refractivity contribution in [2.45, 2.75) is 95.9 Å². The van der Waals surface area contributed by atoms with Gasteiger partial charge in [-0.2, -0.15) is 0 Å². The van der Waals surface area contributed by atoms with E-state index in [1.54, 1.807) is 12.2 Å². The molecule has 0 aromatic rings. The summed E-state index contributed by atoms with van der Waals surface area (Å²) in [6.45, 7) is 2.19. The monoisotopic (exact) mass is 364 g/mol. The van der Waals surface area contributed by atoms with Crippen LogP contribution >= 0.6 is 0 Å². The van der Waals surface area contributed by atoms with Crippen LogP contribution in [0.5, 0.6) is 0 Å². The molecule has 1 heterocycles. The third-order valence-corrected chi connectivity index (χ3v) is 5.51. The highest BCUT2D eigenvalue weighted by atomic mass is 16.5. The summed E-state index contributed by atoms with van der Waals surface area (Å²) in [5.74, 6) is 0.332. The van der Waals surface area contributed by atoms with Gasteiger partial charge >= 0.3 is 5.97 Å². The Hall–Kier alpha value is -1.13.